The SMILES string of the molecule is CC(C)C1CCc2cc(O)ccc2C1.CC(C)CCc1ccc(O)cc1. The summed E-state index contributed by atoms with van der Waals surface area (Å²) in [5.41, 5.74) is 4.09. The van der Waals surface area contributed by atoms with Crippen LogP contribution in [0.15, 0.2) is 42.5 Å². The van der Waals surface area contributed by atoms with Crippen molar-refractivity contribution in [1.82, 2.24) is 0 Å². The highest BCUT2D eigenvalue weighted by atomic mass is 16.3. The van der Waals surface area contributed by atoms with Gasteiger partial charge in [-0.2, -0.15) is 0 Å². The molecule has 0 bridgehead atoms. The van der Waals surface area contributed by atoms with E-state index in [0.29, 0.717) is 11.5 Å². The van der Waals surface area contributed by atoms with Gasteiger partial charge in [0, 0.05) is 0 Å². The molecule has 3 rings (SSSR count). The van der Waals surface area contributed by atoms with Gasteiger partial charge in [0.15, 0.2) is 0 Å². The molecule has 0 saturated carbocycles. The molecular formula is C24H34O2. The third kappa shape index (κ3) is 6.40. The minimum atomic E-state index is 0.350. The molecule has 0 saturated heterocycles. The van der Waals surface area contributed by atoms with Gasteiger partial charge in [-0.1, -0.05) is 45.9 Å². The molecule has 0 spiro atoms. The van der Waals surface area contributed by atoms with Gasteiger partial charge in [0.25, 0.3) is 0 Å². The highest BCUT2D eigenvalue weighted by molar-refractivity contribution is 5.36. The van der Waals surface area contributed by atoms with E-state index in [-0.39, 0.29) is 0 Å². The average Bonchev–Trinajstić information content (AvgIpc) is 2.61. The van der Waals surface area contributed by atoms with Gasteiger partial charge < -0.3 is 10.2 Å². The van der Waals surface area contributed by atoms with Gasteiger partial charge in [-0.05, 0) is 90.8 Å². The average molecular weight is 355 g/mol. The molecule has 1 aliphatic carbocycles. The number of hydrogen-bond acceptors (Lipinski definition) is 2. The summed E-state index contributed by atoms with van der Waals surface area (Å²) in [6.07, 6.45) is 5.91. The highest BCUT2D eigenvalue weighted by Crippen LogP contribution is 2.31. The summed E-state index contributed by atoms with van der Waals surface area (Å²) in [7, 11) is 0. The van der Waals surface area contributed by atoms with Crippen LogP contribution < -0.4 is 0 Å². The zero-order valence-electron chi connectivity index (χ0n) is 16.7. The Kier molecular flexibility index (Phi) is 7.56. The van der Waals surface area contributed by atoms with E-state index in [2.05, 4.69) is 33.8 Å². The predicted octanol–water partition coefficient (Wildman–Crippen LogP) is 6.13. The van der Waals surface area contributed by atoms with Crippen molar-refractivity contribution >= 4 is 0 Å². The van der Waals surface area contributed by atoms with E-state index in [0.717, 1.165) is 30.6 Å². The van der Waals surface area contributed by atoms with Gasteiger partial charge in [0.2, 0.25) is 0 Å². The summed E-state index contributed by atoms with van der Waals surface area (Å²) >= 11 is 0. The van der Waals surface area contributed by atoms with Crippen molar-refractivity contribution in [2.75, 3.05) is 0 Å². The molecule has 0 aliphatic heterocycles. The summed E-state index contributed by atoms with van der Waals surface area (Å²) in [5.74, 6) is 3.11. The minimum absolute atomic E-state index is 0.350. The molecule has 1 unspecified atom stereocenters. The second kappa shape index (κ2) is 9.66. The molecule has 0 amide bonds. The zero-order valence-corrected chi connectivity index (χ0v) is 16.7. The largest absolute Gasteiger partial charge is 0.508 e. The Morgan fingerprint density at radius 2 is 1.54 bits per heavy atom. The Hall–Kier alpha value is -1.96. The van der Waals surface area contributed by atoms with E-state index in [4.69, 9.17) is 5.11 Å². The van der Waals surface area contributed by atoms with Gasteiger partial charge in [-0.25, -0.2) is 0 Å². The fraction of sp³-hybridized carbons (Fsp3) is 0.500. The number of fused-ring (bicyclic) bond motifs is 1. The van der Waals surface area contributed by atoms with Crippen LogP contribution in [0.2, 0.25) is 0 Å². The molecule has 26 heavy (non-hydrogen) atoms. The van der Waals surface area contributed by atoms with E-state index >= 15 is 0 Å². The van der Waals surface area contributed by atoms with Crippen molar-refractivity contribution in [2.24, 2.45) is 17.8 Å². The predicted molar refractivity (Wildman–Crippen MR) is 110 cm³/mol. The van der Waals surface area contributed by atoms with Crippen LogP contribution in [0.1, 0.15) is 57.2 Å². The van der Waals surface area contributed by atoms with Crippen molar-refractivity contribution < 1.29 is 10.2 Å². The van der Waals surface area contributed by atoms with Crippen LogP contribution in [-0.2, 0) is 19.3 Å². The summed E-state index contributed by atoms with van der Waals surface area (Å²) in [6.45, 7) is 9.05. The summed E-state index contributed by atoms with van der Waals surface area (Å²) in [6, 6.07) is 13.3. The van der Waals surface area contributed by atoms with E-state index in [1.807, 2.05) is 24.3 Å². The number of phenols is 2. The maximum Gasteiger partial charge on any atom is 0.115 e. The van der Waals surface area contributed by atoms with Gasteiger partial charge in [-0.3, -0.25) is 0 Å². The lowest BCUT2D eigenvalue weighted by Crippen LogP contribution is -2.18. The van der Waals surface area contributed by atoms with Gasteiger partial charge in [0.05, 0.1) is 0 Å². The van der Waals surface area contributed by atoms with E-state index in [1.165, 1.54) is 36.0 Å². The first kappa shape index (κ1) is 20.4. The summed E-state index contributed by atoms with van der Waals surface area (Å²) < 4.78 is 0. The number of hydrogen-bond donors (Lipinski definition) is 2. The normalized spacial score (nSPS) is 16.2. The van der Waals surface area contributed by atoms with Crippen LogP contribution >= 0.6 is 0 Å². The first-order valence-electron chi connectivity index (χ1n) is 9.93. The molecule has 2 N–H and O–H groups in total. The molecule has 1 aliphatic rings. The van der Waals surface area contributed by atoms with Crippen LogP contribution in [0.5, 0.6) is 11.5 Å². The van der Waals surface area contributed by atoms with Gasteiger partial charge >= 0.3 is 0 Å². The second-order valence-electron chi connectivity index (χ2n) is 8.30. The lowest BCUT2D eigenvalue weighted by molar-refractivity contribution is 0.342. The third-order valence-corrected chi connectivity index (χ3v) is 5.35. The zero-order chi connectivity index (χ0) is 19.1. The van der Waals surface area contributed by atoms with E-state index in [1.54, 1.807) is 12.1 Å². The lowest BCUT2D eigenvalue weighted by Gasteiger charge is -2.27. The van der Waals surface area contributed by atoms with Crippen LogP contribution in [0.25, 0.3) is 0 Å². The molecule has 2 aromatic carbocycles. The maximum absolute atomic E-state index is 9.36. The highest BCUT2D eigenvalue weighted by Gasteiger charge is 2.20. The Labute approximate surface area is 158 Å². The first-order chi connectivity index (χ1) is 12.3. The summed E-state index contributed by atoms with van der Waals surface area (Å²) in [4.78, 5) is 0. The monoisotopic (exact) mass is 354 g/mol. The molecule has 0 heterocycles. The molecule has 142 valence electrons. The van der Waals surface area contributed by atoms with Crippen LogP contribution in [0.4, 0.5) is 0 Å². The topological polar surface area (TPSA) is 40.5 Å². The molecule has 0 aromatic heterocycles. The number of rotatable bonds is 4. The van der Waals surface area contributed by atoms with E-state index in [9.17, 15) is 5.11 Å². The van der Waals surface area contributed by atoms with Crippen molar-refractivity contribution in [3.63, 3.8) is 0 Å². The smallest absolute Gasteiger partial charge is 0.115 e. The molecular weight excluding hydrogens is 320 g/mol. The third-order valence-electron chi connectivity index (χ3n) is 5.35. The second-order valence-corrected chi connectivity index (χ2v) is 8.30. The fourth-order valence-corrected chi connectivity index (χ4v) is 3.46. The van der Waals surface area contributed by atoms with Crippen LogP contribution in [-0.4, -0.2) is 10.2 Å². The van der Waals surface area contributed by atoms with Crippen molar-refractivity contribution in [3.05, 3.63) is 59.2 Å². The number of benzene rings is 2. The molecule has 1 atom stereocenters. The lowest BCUT2D eigenvalue weighted by atomic mass is 9.78. The van der Waals surface area contributed by atoms with Gasteiger partial charge in [-0.15, -0.1) is 0 Å². The Bertz CT molecular complexity index is 671. The first-order valence-corrected chi connectivity index (χ1v) is 9.93. The minimum Gasteiger partial charge on any atom is -0.508 e. The van der Waals surface area contributed by atoms with Crippen molar-refractivity contribution in [2.45, 2.75) is 59.8 Å². The maximum atomic E-state index is 9.36. The van der Waals surface area contributed by atoms with Crippen molar-refractivity contribution in [3.8, 4) is 11.5 Å². The molecule has 2 heteroatoms. The van der Waals surface area contributed by atoms with Crippen molar-refractivity contribution in [1.29, 1.82) is 0 Å². The standard InChI is InChI=1S/C13H18O.C11H16O/c1-9(2)10-3-4-12-8-13(14)6-5-11(12)7-10;1-9(2)3-4-10-5-7-11(12)8-6-10/h5-6,8-10,14H,3-4,7H2,1-2H3;5-9,12H,3-4H2,1-2H3. The summed E-state index contributed by atoms with van der Waals surface area (Å²) in [5, 5.41) is 18.4. The fourth-order valence-electron chi connectivity index (χ4n) is 3.46. The van der Waals surface area contributed by atoms with Gasteiger partial charge in [0.1, 0.15) is 11.5 Å². The molecule has 2 nitrogen and oxygen atoms in total. The Balaban J connectivity index is 0.000000190. The van der Waals surface area contributed by atoms with Crippen LogP contribution in [0, 0.1) is 17.8 Å². The van der Waals surface area contributed by atoms with E-state index < -0.39 is 0 Å². The van der Waals surface area contributed by atoms with Crippen LogP contribution in [0.3, 0.4) is 0 Å². The molecule has 2 aromatic rings. The Morgan fingerprint density at radius 1 is 0.885 bits per heavy atom. The number of aromatic hydroxyl groups is 2. The molecule has 0 radical (unpaired) electrons. The molecule has 0 fully saturated rings. The number of phenolic OH excluding ortho intramolecular Hbond substituents is 2. The Morgan fingerprint density at radius 3 is 2.15 bits per heavy atom. The number of aryl methyl sites for hydroxylation is 2. The quantitative estimate of drug-likeness (QED) is 0.693.